The summed E-state index contributed by atoms with van der Waals surface area (Å²) in [5.74, 6) is 1.05. The largest absolute Gasteiger partial charge is 0.379 e. The van der Waals surface area contributed by atoms with Gasteiger partial charge in [-0.1, -0.05) is 48.0 Å². The zero-order valence-electron chi connectivity index (χ0n) is 17.3. The number of nitrogens with one attached hydrogen (secondary N) is 1. The summed E-state index contributed by atoms with van der Waals surface area (Å²) in [6.45, 7) is 14.3. The minimum Gasteiger partial charge on any atom is -0.379 e. The van der Waals surface area contributed by atoms with Gasteiger partial charge in [-0.15, -0.1) is 24.0 Å². The Morgan fingerprint density at radius 3 is 2.64 bits per heavy atom. The molecule has 0 radical (unpaired) electrons. The van der Waals surface area contributed by atoms with Gasteiger partial charge in [-0.25, -0.2) is 0 Å². The zero-order valence-corrected chi connectivity index (χ0v) is 21.2. The van der Waals surface area contributed by atoms with Gasteiger partial charge in [0.25, 0.3) is 0 Å². The van der Waals surface area contributed by atoms with E-state index in [-0.39, 0.29) is 29.4 Å². The number of aliphatic imine (C=N–C) groups is 1. The Morgan fingerprint density at radius 1 is 1.25 bits per heavy atom. The van der Waals surface area contributed by atoms with E-state index in [1.807, 2.05) is 0 Å². The predicted octanol–water partition coefficient (Wildman–Crippen LogP) is 3.72. The topological polar surface area (TPSA) is 40.1 Å². The predicted molar refractivity (Wildman–Crippen MR) is 131 cm³/mol. The van der Waals surface area contributed by atoms with Crippen LogP contribution in [0.3, 0.4) is 0 Å². The van der Waals surface area contributed by atoms with Crippen molar-refractivity contribution in [2.45, 2.75) is 38.6 Å². The van der Waals surface area contributed by atoms with Crippen molar-refractivity contribution in [1.82, 2.24) is 15.1 Å². The number of benzene rings is 1. The summed E-state index contributed by atoms with van der Waals surface area (Å²) in [5.41, 5.74) is 1.28. The van der Waals surface area contributed by atoms with E-state index in [9.17, 15) is 0 Å². The third-order valence-electron chi connectivity index (χ3n) is 5.59. The van der Waals surface area contributed by atoms with Crippen molar-refractivity contribution in [2.24, 2.45) is 4.99 Å². The van der Waals surface area contributed by atoms with Gasteiger partial charge in [-0.05, 0) is 25.0 Å². The number of hydrogen-bond acceptors (Lipinski definition) is 3. The zero-order chi connectivity index (χ0) is 19.3. The van der Waals surface area contributed by atoms with E-state index in [1.54, 1.807) is 0 Å². The lowest BCUT2D eigenvalue weighted by molar-refractivity contribution is 0.0195. The first-order valence-corrected chi connectivity index (χ1v) is 10.9. The lowest BCUT2D eigenvalue weighted by atomic mass is 9.85. The molecule has 0 saturated carbocycles. The van der Waals surface area contributed by atoms with E-state index >= 15 is 0 Å². The maximum absolute atomic E-state index is 5.50. The molecule has 1 aromatic carbocycles. The second kappa shape index (κ2) is 11.1. The smallest absolute Gasteiger partial charge is 0.193 e. The van der Waals surface area contributed by atoms with E-state index in [2.05, 4.69) is 76.1 Å². The van der Waals surface area contributed by atoms with Crippen LogP contribution in [0.15, 0.2) is 33.7 Å². The summed E-state index contributed by atoms with van der Waals surface area (Å²) in [6, 6.07) is 9.09. The molecule has 1 unspecified atom stereocenters. The van der Waals surface area contributed by atoms with E-state index in [0.717, 1.165) is 62.9 Å². The first-order valence-electron chi connectivity index (χ1n) is 10.1. The number of halogens is 2. The van der Waals surface area contributed by atoms with Crippen molar-refractivity contribution in [2.75, 3.05) is 52.5 Å². The molecular formula is C21H34BrIN4O. The summed E-state index contributed by atoms with van der Waals surface area (Å²) in [5, 5.41) is 3.51. The first-order chi connectivity index (χ1) is 13.0. The van der Waals surface area contributed by atoms with Crippen LogP contribution in [0.5, 0.6) is 0 Å². The fraction of sp³-hybridized carbons (Fsp3) is 0.667. The summed E-state index contributed by atoms with van der Waals surface area (Å²) in [4.78, 5) is 10.0. The highest BCUT2D eigenvalue weighted by atomic mass is 127. The molecule has 0 aromatic heterocycles. The van der Waals surface area contributed by atoms with Gasteiger partial charge in [0.15, 0.2) is 5.96 Å². The molecule has 2 saturated heterocycles. The minimum atomic E-state index is -0.0237. The van der Waals surface area contributed by atoms with Crippen LogP contribution in [-0.4, -0.2) is 74.3 Å². The van der Waals surface area contributed by atoms with Gasteiger partial charge in [0.2, 0.25) is 0 Å². The molecule has 1 atom stereocenters. The van der Waals surface area contributed by atoms with Gasteiger partial charge in [-0.2, -0.15) is 0 Å². The number of guanidine groups is 1. The van der Waals surface area contributed by atoms with E-state index in [0.29, 0.717) is 6.04 Å². The van der Waals surface area contributed by atoms with Crippen LogP contribution in [0.4, 0.5) is 0 Å². The Bertz CT molecular complexity index is 649. The van der Waals surface area contributed by atoms with Gasteiger partial charge in [0, 0.05) is 48.7 Å². The molecule has 1 aromatic rings. The third-order valence-corrected chi connectivity index (χ3v) is 6.28. The van der Waals surface area contributed by atoms with Gasteiger partial charge in [0.05, 0.1) is 19.8 Å². The number of morpholine rings is 1. The molecular weight excluding hydrogens is 531 g/mol. The Morgan fingerprint density at radius 2 is 1.96 bits per heavy atom. The van der Waals surface area contributed by atoms with Crippen LogP contribution in [0.25, 0.3) is 0 Å². The second-order valence-electron chi connectivity index (χ2n) is 8.07. The average molecular weight is 565 g/mol. The standard InChI is InChI=1S/C21H33BrN4O.HI/c1-4-23-20(24-16-21(2,3)18-7-5-6-8-19(18)22)26-10-9-17(15-26)25-11-13-27-14-12-25;/h5-8,17H,4,9-16H2,1-3H3,(H,23,24);1H. The molecule has 2 fully saturated rings. The Balaban J connectivity index is 0.00000280. The number of likely N-dealkylation sites (tertiary alicyclic amines) is 1. The van der Waals surface area contributed by atoms with Gasteiger partial charge in [-0.3, -0.25) is 9.89 Å². The van der Waals surface area contributed by atoms with E-state index in [4.69, 9.17) is 9.73 Å². The molecule has 0 spiro atoms. The molecule has 2 aliphatic heterocycles. The molecule has 5 nitrogen and oxygen atoms in total. The molecule has 2 heterocycles. The van der Waals surface area contributed by atoms with Crippen LogP contribution in [0, 0.1) is 0 Å². The van der Waals surface area contributed by atoms with Crippen LogP contribution in [0.2, 0.25) is 0 Å². The highest BCUT2D eigenvalue weighted by Gasteiger charge is 2.31. The number of rotatable bonds is 5. The molecule has 1 N–H and O–H groups in total. The minimum absolute atomic E-state index is 0. The molecule has 7 heteroatoms. The Hall–Kier alpha value is -0.380. The fourth-order valence-corrected chi connectivity index (χ4v) is 4.79. The Labute approximate surface area is 195 Å². The van der Waals surface area contributed by atoms with Crippen molar-refractivity contribution >= 4 is 45.9 Å². The summed E-state index contributed by atoms with van der Waals surface area (Å²) in [6.07, 6.45) is 1.21. The van der Waals surface area contributed by atoms with E-state index < -0.39 is 0 Å². The molecule has 158 valence electrons. The van der Waals surface area contributed by atoms with E-state index in [1.165, 1.54) is 12.0 Å². The van der Waals surface area contributed by atoms with Crippen LogP contribution in [-0.2, 0) is 10.2 Å². The summed E-state index contributed by atoms with van der Waals surface area (Å²) < 4.78 is 6.66. The lowest BCUT2D eigenvalue weighted by Gasteiger charge is -2.32. The average Bonchev–Trinajstić information content (AvgIpc) is 3.16. The van der Waals surface area contributed by atoms with Gasteiger partial charge >= 0.3 is 0 Å². The highest BCUT2D eigenvalue weighted by molar-refractivity contribution is 14.0. The maximum atomic E-state index is 5.50. The summed E-state index contributed by atoms with van der Waals surface area (Å²) >= 11 is 3.70. The monoisotopic (exact) mass is 564 g/mol. The number of ether oxygens (including phenoxy) is 1. The molecule has 28 heavy (non-hydrogen) atoms. The number of nitrogens with zero attached hydrogens (tertiary/aromatic N) is 3. The quantitative estimate of drug-likeness (QED) is 0.336. The molecule has 2 aliphatic rings. The van der Waals surface area contributed by atoms with Crippen molar-refractivity contribution in [3.05, 3.63) is 34.3 Å². The van der Waals surface area contributed by atoms with Crippen molar-refractivity contribution in [1.29, 1.82) is 0 Å². The van der Waals surface area contributed by atoms with Crippen molar-refractivity contribution < 1.29 is 4.74 Å². The Kier molecular flexibility index (Phi) is 9.50. The van der Waals surface area contributed by atoms with Gasteiger partial charge < -0.3 is 15.0 Å². The van der Waals surface area contributed by atoms with Crippen LogP contribution in [0.1, 0.15) is 32.8 Å². The molecule has 0 bridgehead atoms. The van der Waals surface area contributed by atoms with Gasteiger partial charge in [0.1, 0.15) is 0 Å². The highest BCUT2D eigenvalue weighted by Crippen LogP contribution is 2.30. The van der Waals surface area contributed by atoms with Crippen LogP contribution >= 0.6 is 39.9 Å². The first kappa shape index (κ1) is 23.9. The molecule has 0 aliphatic carbocycles. The summed E-state index contributed by atoms with van der Waals surface area (Å²) in [7, 11) is 0. The normalized spacial score (nSPS) is 21.5. The van der Waals surface area contributed by atoms with Crippen molar-refractivity contribution in [3.63, 3.8) is 0 Å². The lowest BCUT2D eigenvalue weighted by Crippen LogP contribution is -2.47. The SMILES string of the molecule is CCNC(=NCC(C)(C)c1ccccc1Br)N1CCC(N2CCOCC2)C1.I. The third kappa shape index (κ3) is 6.06. The fourth-order valence-electron chi connectivity index (χ4n) is 3.97. The van der Waals surface area contributed by atoms with Crippen LogP contribution < -0.4 is 5.32 Å². The second-order valence-corrected chi connectivity index (χ2v) is 8.93. The molecule has 0 amide bonds. The molecule has 3 rings (SSSR count). The van der Waals surface area contributed by atoms with Crippen molar-refractivity contribution in [3.8, 4) is 0 Å². The number of hydrogen-bond donors (Lipinski definition) is 1. The maximum Gasteiger partial charge on any atom is 0.193 e.